The first-order chi connectivity index (χ1) is 38.5. The molecule has 0 radical (unpaired) electrons. The van der Waals surface area contributed by atoms with Gasteiger partial charge in [-0.2, -0.15) is 0 Å². The Balaban J connectivity index is 4.37. The summed E-state index contributed by atoms with van der Waals surface area (Å²) in [5, 5.41) is 0. The van der Waals surface area contributed by atoms with Crippen LogP contribution in [0.3, 0.4) is 0 Å². The quantitative estimate of drug-likeness (QED) is 0.0261. The molecule has 450 valence electrons. The van der Waals surface area contributed by atoms with Crippen molar-refractivity contribution < 1.29 is 28.6 Å². The van der Waals surface area contributed by atoms with E-state index in [2.05, 4.69) is 106 Å². The summed E-state index contributed by atoms with van der Waals surface area (Å²) in [7, 11) is 0. The summed E-state index contributed by atoms with van der Waals surface area (Å²) in [5.74, 6) is -0.945. The molecule has 0 amide bonds. The average Bonchev–Trinajstić information content (AvgIpc) is 3.44. The minimum absolute atomic E-state index is 0.0943. The molecule has 1 atom stereocenters. The van der Waals surface area contributed by atoms with Crippen molar-refractivity contribution in [2.45, 2.75) is 341 Å². The first-order valence-electron chi connectivity index (χ1n) is 33.6. The monoisotopic (exact) mass is 1090 g/mol. The third-order valence-corrected chi connectivity index (χ3v) is 14.6. The largest absolute Gasteiger partial charge is 0.462 e. The van der Waals surface area contributed by atoms with E-state index in [1.807, 2.05) is 0 Å². The number of carbonyl (C=O) groups is 3. The van der Waals surface area contributed by atoms with Gasteiger partial charge in [0, 0.05) is 19.3 Å². The van der Waals surface area contributed by atoms with Crippen LogP contribution >= 0.6 is 0 Å². The van der Waals surface area contributed by atoms with Gasteiger partial charge >= 0.3 is 17.9 Å². The van der Waals surface area contributed by atoms with Crippen LogP contribution in [0, 0.1) is 0 Å². The molecule has 0 bridgehead atoms. The standard InChI is InChI=1S/C72H126O6/c1-4-7-10-13-16-19-22-25-28-31-33-34-35-36-37-38-39-42-44-47-50-53-56-59-62-65-71(74)77-68-69(67-76-70(73)64-61-58-55-52-49-46-43-40-30-27-24-21-18-15-12-9-6-3)78-72(75)66-63-60-57-54-51-48-45-41-32-29-26-23-20-17-14-11-8-5-2/h9,12,18,21,27,29-33,43,46,52,55,69H,4-8,10-11,13-17,19-20,22-26,28,34-42,44-45,47-51,53-54,56-68H2,1-3H3/b12-9-,21-18-,30-27-,32-29-,33-31-,46-43-,55-52-. The van der Waals surface area contributed by atoms with Gasteiger partial charge in [0.25, 0.3) is 0 Å². The minimum atomic E-state index is -0.803. The Kier molecular flexibility index (Phi) is 63.2. The molecule has 0 aliphatic carbocycles. The van der Waals surface area contributed by atoms with Crippen molar-refractivity contribution in [3.8, 4) is 0 Å². The van der Waals surface area contributed by atoms with Crippen LogP contribution in [-0.4, -0.2) is 37.2 Å². The number of allylic oxidation sites excluding steroid dienone is 14. The molecule has 0 saturated carbocycles. The minimum Gasteiger partial charge on any atom is -0.462 e. The molecule has 0 aromatic heterocycles. The van der Waals surface area contributed by atoms with Crippen molar-refractivity contribution in [2.75, 3.05) is 13.2 Å². The summed E-state index contributed by atoms with van der Waals surface area (Å²) >= 11 is 0. The Hall–Kier alpha value is -3.41. The molecular formula is C72H126O6. The smallest absolute Gasteiger partial charge is 0.306 e. The average molecular weight is 1090 g/mol. The van der Waals surface area contributed by atoms with Gasteiger partial charge in [-0.05, 0) is 109 Å². The van der Waals surface area contributed by atoms with Gasteiger partial charge in [0.05, 0.1) is 0 Å². The molecule has 1 unspecified atom stereocenters. The van der Waals surface area contributed by atoms with Crippen LogP contribution in [0.4, 0.5) is 0 Å². The molecule has 0 aliphatic rings. The zero-order valence-electron chi connectivity index (χ0n) is 51.7. The van der Waals surface area contributed by atoms with Crippen molar-refractivity contribution in [1.82, 2.24) is 0 Å². The maximum Gasteiger partial charge on any atom is 0.306 e. The zero-order chi connectivity index (χ0) is 56.4. The Morgan fingerprint density at radius 3 is 0.846 bits per heavy atom. The van der Waals surface area contributed by atoms with E-state index in [-0.39, 0.29) is 37.5 Å². The predicted octanol–water partition coefficient (Wildman–Crippen LogP) is 23.1. The Bertz CT molecular complexity index is 1480. The highest BCUT2D eigenvalue weighted by molar-refractivity contribution is 5.71. The predicted molar refractivity (Wildman–Crippen MR) is 339 cm³/mol. The van der Waals surface area contributed by atoms with E-state index in [0.717, 1.165) is 77.0 Å². The molecule has 0 N–H and O–H groups in total. The first kappa shape index (κ1) is 74.6. The fourth-order valence-corrected chi connectivity index (χ4v) is 9.59. The van der Waals surface area contributed by atoms with E-state index in [9.17, 15) is 14.4 Å². The Labute approximate surface area is 484 Å². The second kappa shape index (κ2) is 66.1. The van der Waals surface area contributed by atoms with Crippen molar-refractivity contribution in [2.24, 2.45) is 0 Å². The molecule has 0 saturated heterocycles. The number of hydrogen-bond acceptors (Lipinski definition) is 6. The topological polar surface area (TPSA) is 78.9 Å². The van der Waals surface area contributed by atoms with Crippen molar-refractivity contribution in [3.05, 3.63) is 85.1 Å². The molecule has 0 aliphatic heterocycles. The summed E-state index contributed by atoms with van der Waals surface area (Å²) in [6, 6.07) is 0. The normalized spacial score (nSPS) is 12.6. The summed E-state index contributed by atoms with van der Waals surface area (Å²) in [5.41, 5.74) is 0. The van der Waals surface area contributed by atoms with Gasteiger partial charge in [-0.3, -0.25) is 14.4 Å². The third-order valence-electron chi connectivity index (χ3n) is 14.6. The number of ether oxygens (including phenoxy) is 3. The highest BCUT2D eigenvalue weighted by atomic mass is 16.6. The van der Waals surface area contributed by atoms with Crippen LogP contribution in [0.15, 0.2) is 85.1 Å². The van der Waals surface area contributed by atoms with E-state index in [1.54, 1.807) is 0 Å². The number of hydrogen-bond donors (Lipinski definition) is 0. The summed E-state index contributed by atoms with van der Waals surface area (Å²) < 4.78 is 16.9. The lowest BCUT2D eigenvalue weighted by Gasteiger charge is -2.18. The molecule has 0 aromatic carbocycles. The molecule has 0 aromatic rings. The van der Waals surface area contributed by atoms with Crippen LogP contribution in [-0.2, 0) is 28.6 Å². The van der Waals surface area contributed by atoms with Crippen LogP contribution in [0.1, 0.15) is 335 Å². The van der Waals surface area contributed by atoms with Gasteiger partial charge in [0.1, 0.15) is 13.2 Å². The SMILES string of the molecule is CC/C=C\C/C=C\C/C=C\C/C=C\C/C=C\CCCC(=O)OCC(COC(=O)CCCCCCCCCCCCCCC/C=C\CCCCCCCCCC)OC(=O)CCCCCCCCC/C=C\CCCCCCCCC. The Morgan fingerprint density at radius 1 is 0.269 bits per heavy atom. The first-order valence-corrected chi connectivity index (χ1v) is 33.6. The second-order valence-corrected chi connectivity index (χ2v) is 22.3. The number of rotatable bonds is 61. The van der Waals surface area contributed by atoms with Crippen LogP contribution in [0.25, 0.3) is 0 Å². The molecule has 0 spiro atoms. The van der Waals surface area contributed by atoms with Crippen molar-refractivity contribution >= 4 is 17.9 Å². The second-order valence-electron chi connectivity index (χ2n) is 22.3. The highest BCUT2D eigenvalue weighted by Gasteiger charge is 2.19. The van der Waals surface area contributed by atoms with E-state index in [1.165, 1.54) is 212 Å². The summed E-state index contributed by atoms with van der Waals surface area (Å²) in [6.07, 6.45) is 87.5. The molecule has 6 heteroatoms. The molecule has 0 heterocycles. The molecule has 0 rings (SSSR count). The van der Waals surface area contributed by atoms with Gasteiger partial charge < -0.3 is 14.2 Å². The number of carbonyl (C=O) groups excluding carboxylic acids is 3. The van der Waals surface area contributed by atoms with Gasteiger partial charge in [-0.25, -0.2) is 0 Å². The summed E-state index contributed by atoms with van der Waals surface area (Å²) in [4.78, 5) is 38.4. The van der Waals surface area contributed by atoms with E-state index < -0.39 is 6.10 Å². The maximum atomic E-state index is 12.9. The van der Waals surface area contributed by atoms with Crippen molar-refractivity contribution in [1.29, 1.82) is 0 Å². The van der Waals surface area contributed by atoms with Crippen LogP contribution in [0.5, 0.6) is 0 Å². The molecular weight excluding hydrogens is 961 g/mol. The van der Waals surface area contributed by atoms with E-state index in [4.69, 9.17) is 14.2 Å². The fourth-order valence-electron chi connectivity index (χ4n) is 9.59. The number of esters is 3. The van der Waals surface area contributed by atoms with Gasteiger partial charge in [0.2, 0.25) is 0 Å². The van der Waals surface area contributed by atoms with E-state index >= 15 is 0 Å². The van der Waals surface area contributed by atoms with Gasteiger partial charge in [0.15, 0.2) is 6.10 Å². The highest BCUT2D eigenvalue weighted by Crippen LogP contribution is 2.17. The van der Waals surface area contributed by atoms with Crippen LogP contribution in [0.2, 0.25) is 0 Å². The third kappa shape index (κ3) is 63.4. The van der Waals surface area contributed by atoms with Gasteiger partial charge in [-0.15, -0.1) is 0 Å². The fraction of sp³-hybridized carbons (Fsp3) is 0.764. The van der Waals surface area contributed by atoms with E-state index in [0.29, 0.717) is 19.3 Å². The molecule has 0 fully saturated rings. The number of unbranched alkanes of at least 4 members (excludes halogenated alkanes) is 36. The zero-order valence-corrected chi connectivity index (χ0v) is 51.7. The Morgan fingerprint density at radius 2 is 0.513 bits per heavy atom. The van der Waals surface area contributed by atoms with Crippen molar-refractivity contribution in [3.63, 3.8) is 0 Å². The summed E-state index contributed by atoms with van der Waals surface area (Å²) in [6.45, 7) is 6.51. The molecule has 6 nitrogen and oxygen atoms in total. The lowest BCUT2D eigenvalue weighted by molar-refractivity contribution is -0.167. The molecule has 78 heavy (non-hydrogen) atoms. The maximum absolute atomic E-state index is 12.9. The van der Waals surface area contributed by atoms with Gasteiger partial charge in [-0.1, -0.05) is 292 Å². The van der Waals surface area contributed by atoms with Crippen LogP contribution < -0.4 is 0 Å². The lowest BCUT2D eigenvalue weighted by Crippen LogP contribution is -2.30. The lowest BCUT2D eigenvalue weighted by atomic mass is 10.0.